The lowest BCUT2D eigenvalue weighted by Crippen LogP contribution is -2.13. The molecule has 1 amide bonds. The molecule has 0 fully saturated rings. The van der Waals surface area contributed by atoms with Crippen LogP contribution in [0, 0.1) is 6.92 Å². The molecule has 0 saturated heterocycles. The first-order chi connectivity index (χ1) is 12.1. The Kier molecular flexibility index (Phi) is 5.23. The van der Waals surface area contributed by atoms with Crippen LogP contribution in [0.1, 0.15) is 53.9 Å². The maximum atomic E-state index is 12.5. The molecule has 1 N–H and O–H groups in total. The molecule has 130 valence electrons. The number of aromatic nitrogens is 3. The molecule has 3 aromatic rings. The van der Waals surface area contributed by atoms with E-state index in [9.17, 15) is 4.79 Å². The van der Waals surface area contributed by atoms with E-state index in [0.717, 1.165) is 23.4 Å². The molecule has 0 aliphatic carbocycles. The van der Waals surface area contributed by atoms with E-state index in [-0.39, 0.29) is 11.6 Å². The number of rotatable bonds is 6. The topological polar surface area (TPSA) is 80.9 Å². The minimum Gasteiger partial charge on any atom is -0.441 e. The van der Waals surface area contributed by atoms with Crippen LogP contribution in [0.3, 0.4) is 0 Å². The van der Waals surface area contributed by atoms with E-state index < -0.39 is 0 Å². The highest BCUT2D eigenvalue weighted by atomic mass is 32.1. The summed E-state index contributed by atoms with van der Waals surface area (Å²) in [5.74, 6) is 0.941. The Bertz CT molecular complexity index is 853. The fraction of sp³-hybridized carbons (Fsp3) is 0.333. The number of aryl methyl sites for hydroxylation is 1. The van der Waals surface area contributed by atoms with Gasteiger partial charge in [0.25, 0.3) is 5.91 Å². The normalized spacial score (nSPS) is 11.0. The Labute approximate surface area is 150 Å². The Morgan fingerprint density at radius 2 is 1.92 bits per heavy atom. The fourth-order valence-electron chi connectivity index (χ4n) is 2.56. The monoisotopic (exact) mass is 356 g/mol. The van der Waals surface area contributed by atoms with Gasteiger partial charge in [-0.15, -0.1) is 10.2 Å². The molecule has 0 atom stereocenters. The number of oxazole rings is 1. The Hall–Kier alpha value is -2.54. The standard InChI is InChI=1S/C18H20N4O2S/c1-4-12(5-2)17-21-22-18(25-17)20-15(23)14-11(3)24-16(19-14)13-9-7-6-8-10-13/h6-10,12H,4-5H2,1-3H3,(H,20,22,23). The van der Waals surface area contributed by atoms with Gasteiger partial charge in [0.05, 0.1) is 0 Å². The Balaban J connectivity index is 1.77. The second-order valence-electron chi connectivity index (χ2n) is 5.70. The predicted molar refractivity (Wildman–Crippen MR) is 97.9 cm³/mol. The number of carbonyl (C=O) groups is 1. The van der Waals surface area contributed by atoms with Crippen LogP contribution in [-0.2, 0) is 0 Å². The Morgan fingerprint density at radius 1 is 1.20 bits per heavy atom. The van der Waals surface area contributed by atoms with Crippen LogP contribution in [-0.4, -0.2) is 21.1 Å². The largest absolute Gasteiger partial charge is 0.441 e. The zero-order valence-electron chi connectivity index (χ0n) is 14.4. The van der Waals surface area contributed by atoms with Crippen LogP contribution in [0.5, 0.6) is 0 Å². The predicted octanol–water partition coefficient (Wildman–Crippen LogP) is 4.66. The molecule has 0 radical (unpaired) electrons. The van der Waals surface area contributed by atoms with Gasteiger partial charge in [0.2, 0.25) is 11.0 Å². The van der Waals surface area contributed by atoms with Crippen LogP contribution in [0.4, 0.5) is 5.13 Å². The van der Waals surface area contributed by atoms with Gasteiger partial charge in [-0.05, 0) is 31.9 Å². The van der Waals surface area contributed by atoms with Gasteiger partial charge in [0, 0.05) is 11.5 Å². The van der Waals surface area contributed by atoms with Crippen molar-refractivity contribution in [3.05, 3.63) is 46.8 Å². The second-order valence-corrected chi connectivity index (χ2v) is 6.71. The van der Waals surface area contributed by atoms with Crippen LogP contribution < -0.4 is 5.32 Å². The van der Waals surface area contributed by atoms with Crippen molar-refractivity contribution in [1.82, 2.24) is 15.2 Å². The lowest BCUT2D eigenvalue weighted by atomic mass is 10.1. The van der Waals surface area contributed by atoms with Crippen molar-refractivity contribution in [2.75, 3.05) is 5.32 Å². The van der Waals surface area contributed by atoms with Crippen LogP contribution in [0.15, 0.2) is 34.7 Å². The van der Waals surface area contributed by atoms with E-state index in [0.29, 0.717) is 22.7 Å². The van der Waals surface area contributed by atoms with E-state index in [1.807, 2.05) is 30.3 Å². The fourth-order valence-corrected chi connectivity index (χ4v) is 3.56. The van der Waals surface area contributed by atoms with Crippen LogP contribution in [0.25, 0.3) is 11.5 Å². The number of nitrogens with zero attached hydrogens (tertiary/aromatic N) is 3. The summed E-state index contributed by atoms with van der Waals surface area (Å²) in [6.07, 6.45) is 2.00. The molecule has 0 saturated carbocycles. The van der Waals surface area contributed by atoms with Gasteiger partial charge in [-0.2, -0.15) is 0 Å². The molecule has 7 heteroatoms. The summed E-state index contributed by atoms with van der Waals surface area (Å²) >= 11 is 1.41. The molecule has 1 aromatic carbocycles. The molecule has 6 nitrogen and oxygen atoms in total. The van der Waals surface area contributed by atoms with E-state index in [1.165, 1.54) is 11.3 Å². The molecule has 25 heavy (non-hydrogen) atoms. The van der Waals surface area contributed by atoms with Crippen LogP contribution in [0.2, 0.25) is 0 Å². The van der Waals surface area contributed by atoms with Crippen molar-refractivity contribution in [1.29, 1.82) is 0 Å². The summed E-state index contributed by atoms with van der Waals surface area (Å²) in [6, 6.07) is 9.49. The quantitative estimate of drug-likeness (QED) is 0.695. The number of benzene rings is 1. The van der Waals surface area contributed by atoms with Crippen molar-refractivity contribution in [2.24, 2.45) is 0 Å². The Morgan fingerprint density at radius 3 is 2.60 bits per heavy atom. The van der Waals surface area contributed by atoms with E-state index in [4.69, 9.17) is 4.42 Å². The van der Waals surface area contributed by atoms with Crippen molar-refractivity contribution in [3.8, 4) is 11.5 Å². The minimum atomic E-state index is -0.337. The molecular weight excluding hydrogens is 336 g/mol. The highest BCUT2D eigenvalue weighted by Gasteiger charge is 2.20. The second kappa shape index (κ2) is 7.57. The number of anilines is 1. The molecule has 0 spiro atoms. The minimum absolute atomic E-state index is 0.262. The van der Waals surface area contributed by atoms with Gasteiger partial charge >= 0.3 is 0 Å². The average molecular weight is 356 g/mol. The van der Waals surface area contributed by atoms with Gasteiger partial charge in [-0.3, -0.25) is 10.1 Å². The smallest absolute Gasteiger partial charge is 0.279 e. The van der Waals surface area contributed by atoms with Gasteiger partial charge in [-0.25, -0.2) is 4.98 Å². The zero-order valence-corrected chi connectivity index (χ0v) is 15.3. The summed E-state index contributed by atoms with van der Waals surface area (Å²) in [4.78, 5) is 16.8. The summed E-state index contributed by atoms with van der Waals surface area (Å²) < 4.78 is 5.63. The molecule has 0 bridgehead atoms. The van der Waals surface area contributed by atoms with Crippen LogP contribution >= 0.6 is 11.3 Å². The van der Waals surface area contributed by atoms with Crippen molar-refractivity contribution in [2.45, 2.75) is 39.5 Å². The third-order valence-electron chi connectivity index (χ3n) is 4.03. The zero-order chi connectivity index (χ0) is 17.8. The van der Waals surface area contributed by atoms with E-state index in [2.05, 4.69) is 34.3 Å². The first-order valence-electron chi connectivity index (χ1n) is 8.30. The van der Waals surface area contributed by atoms with Gasteiger partial charge in [0.1, 0.15) is 10.8 Å². The summed E-state index contributed by atoms with van der Waals surface area (Å²) in [5.41, 5.74) is 1.09. The van der Waals surface area contributed by atoms with Gasteiger partial charge in [0.15, 0.2) is 5.69 Å². The van der Waals surface area contributed by atoms with Crippen molar-refractivity contribution < 1.29 is 9.21 Å². The first kappa shape index (κ1) is 17.3. The van der Waals surface area contributed by atoms with E-state index >= 15 is 0 Å². The summed E-state index contributed by atoms with van der Waals surface area (Å²) in [6.45, 7) is 5.97. The van der Waals surface area contributed by atoms with E-state index in [1.54, 1.807) is 6.92 Å². The summed E-state index contributed by atoms with van der Waals surface area (Å²) in [7, 11) is 0. The molecule has 0 aliphatic heterocycles. The number of nitrogens with one attached hydrogen (secondary N) is 1. The molecule has 0 aliphatic rings. The lowest BCUT2D eigenvalue weighted by Gasteiger charge is -2.05. The molecular formula is C18H20N4O2S. The van der Waals surface area contributed by atoms with Crippen molar-refractivity contribution >= 4 is 22.4 Å². The average Bonchev–Trinajstić information content (AvgIpc) is 3.24. The number of hydrogen-bond donors (Lipinski definition) is 1. The summed E-state index contributed by atoms with van der Waals surface area (Å²) in [5, 5.41) is 12.5. The highest BCUT2D eigenvalue weighted by molar-refractivity contribution is 7.15. The lowest BCUT2D eigenvalue weighted by molar-refractivity contribution is 0.102. The third-order valence-corrected chi connectivity index (χ3v) is 5.03. The SMILES string of the molecule is CCC(CC)c1nnc(NC(=O)c2nc(-c3ccccc3)oc2C)s1. The number of carbonyl (C=O) groups excluding carboxylic acids is 1. The van der Waals surface area contributed by atoms with Gasteiger partial charge < -0.3 is 4.42 Å². The molecule has 3 rings (SSSR count). The maximum Gasteiger partial charge on any atom is 0.279 e. The highest BCUT2D eigenvalue weighted by Crippen LogP contribution is 2.28. The number of amides is 1. The third kappa shape index (κ3) is 3.76. The van der Waals surface area contributed by atoms with Gasteiger partial charge in [-0.1, -0.05) is 43.4 Å². The number of hydrogen-bond acceptors (Lipinski definition) is 6. The molecule has 0 unspecified atom stereocenters. The maximum absolute atomic E-state index is 12.5. The molecule has 2 heterocycles. The molecule has 2 aromatic heterocycles. The van der Waals surface area contributed by atoms with Crippen molar-refractivity contribution in [3.63, 3.8) is 0 Å². The first-order valence-corrected chi connectivity index (χ1v) is 9.11.